The van der Waals surface area contributed by atoms with Crippen LogP contribution in [-0.4, -0.2) is 19.4 Å². The molecule has 0 aliphatic carbocycles. The highest BCUT2D eigenvalue weighted by atomic mass is 16.5. The molecule has 5 aromatic rings. The topological polar surface area (TPSA) is 52.3 Å². The number of para-hydroxylation sites is 1. The maximum atomic E-state index is 6.12. The average Bonchev–Trinajstić information content (AvgIpc) is 3.11. The Balaban J connectivity index is 1.58. The van der Waals surface area contributed by atoms with Crippen molar-refractivity contribution in [3.05, 3.63) is 91.0 Å². The molecule has 0 spiro atoms. The van der Waals surface area contributed by atoms with Gasteiger partial charge in [0.05, 0.1) is 22.3 Å². The molecule has 5 heteroatoms. The fraction of sp³-hybridized carbons (Fsp3) is 0.0455. The van der Waals surface area contributed by atoms with Crippen molar-refractivity contribution in [1.29, 1.82) is 0 Å². The summed E-state index contributed by atoms with van der Waals surface area (Å²) < 4.78 is 8.18. The maximum absolute atomic E-state index is 6.12. The van der Waals surface area contributed by atoms with Crippen LogP contribution in [0.1, 0.15) is 5.69 Å². The minimum absolute atomic E-state index is 0.358. The van der Waals surface area contributed by atoms with Crippen LogP contribution in [0.2, 0.25) is 0 Å². The second-order valence-corrected chi connectivity index (χ2v) is 6.19. The number of rotatable bonds is 4. The highest BCUT2D eigenvalue weighted by Crippen LogP contribution is 2.27. The third kappa shape index (κ3) is 2.79. The zero-order chi connectivity index (χ0) is 18.1. The number of aromatic nitrogens is 4. The summed E-state index contributed by atoms with van der Waals surface area (Å²) in [5.74, 6) is 0.575. The Kier molecular flexibility index (Phi) is 3.76. The Morgan fingerprint density at radius 1 is 0.815 bits per heavy atom. The lowest BCUT2D eigenvalue weighted by Gasteiger charge is -2.09. The molecule has 3 aromatic heterocycles. The third-order valence-corrected chi connectivity index (χ3v) is 4.53. The van der Waals surface area contributed by atoms with Gasteiger partial charge in [0.15, 0.2) is 0 Å². The van der Waals surface area contributed by atoms with Gasteiger partial charge < -0.3 is 4.74 Å². The molecule has 5 rings (SSSR count). The highest BCUT2D eigenvalue weighted by molar-refractivity contribution is 5.83. The third-order valence-electron chi connectivity index (χ3n) is 4.53. The van der Waals surface area contributed by atoms with E-state index in [1.807, 2.05) is 66.9 Å². The lowest BCUT2D eigenvalue weighted by molar-refractivity contribution is 0.292. The quantitative estimate of drug-likeness (QED) is 0.477. The Hall–Kier alpha value is -3.73. The van der Waals surface area contributed by atoms with Crippen molar-refractivity contribution in [2.24, 2.45) is 0 Å². The monoisotopic (exact) mass is 352 g/mol. The van der Waals surface area contributed by atoms with Gasteiger partial charge in [-0.1, -0.05) is 48.5 Å². The van der Waals surface area contributed by atoms with Crippen LogP contribution in [0.4, 0.5) is 0 Å². The van der Waals surface area contributed by atoms with E-state index in [1.54, 1.807) is 0 Å². The molecule has 0 saturated carbocycles. The van der Waals surface area contributed by atoms with Gasteiger partial charge in [-0.25, -0.2) is 15.0 Å². The van der Waals surface area contributed by atoms with E-state index < -0.39 is 0 Å². The molecule has 27 heavy (non-hydrogen) atoms. The number of hydrogen-bond acceptors (Lipinski definition) is 4. The molecule has 0 unspecified atom stereocenters. The molecule has 0 amide bonds. The van der Waals surface area contributed by atoms with Crippen LogP contribution in [0.15, 0.2) is 85.3 Å². The number of benzene rings is 2. The molecule has 130 valence electrons. The molecule has 5 nitrogen and oxygen atoms in total. The summed E-state index contributed by atoms with van der Waals surface area (Å²) in [6.07, 6.45) is 3.54. The number of ether oxygens (including phenoxy) is 1. The SMILES string of the molecule is c1ccc(-c2nc3ccccn3c2COc2ncnc3ccccc23)cc1. The fourth-order valence-electron chi connectivity index (χ4n) is 3.24. The fourth-order valence-corrected chi connectivity index (χ4v) is 3.24. The molecular formula is C22H16N4O. The predicted molar refractivity (Wildman–Crippen MR) is 104 cm³/mol. The molecule has 0 atom stereocenters. The van der Waals surface area contributed by atoms with E-state index in [-0.39, 0.29) is 0 Å². The Bertz CT molecular complexity index is 1230. The van der Waals surface area contributed by atoms with E-state index in [4.69, 9.17) is 9.72 Å². The minimum atomic E-state index is 0.358. The number of imidazole rings is 1. The average molecular weight is 352 g/mol. The van der Waals surface area contributed by atoms with Gasteiger partial charge in [-0.05, 0) is 24.3 Å². The Labute approximate surface area is 155 Å². The van der Waals surface area contributed by atoms with Crippen LogP contribution < -0.4 is 4.74 Å². The summed E-state index contributed by atoms with van der Waals surface area (Å²) in [5.41, 5.74) is 4.72. The first-order valence-electron chi connectivity index (χ1n) is 8.74. The van der Waals surface area contributed by atoms with Gasteiger partial charge in [0.2, 0.25) is 5.88 Å². The zero-order valence-electron chi connectivity index (χ0n) is 14.5. The molecule has 0 bridgehead atoms. The van der Waals surface area contributed by atoms with E-state index in [0.29, 0.717) is 12.5 Å². The molecule has 0 N–H and O–H groups in total. The van der Waals surface area contributed by atoms with Crippen molar-refractivity contribution in [1.82, 2.24) is 19.4 Å². The summed E-state index contributed by atoms with van der Waals surface area (Å²) in [7, 11) is 0. The molecule has 0 aliphatic heterocycles. The van der Waals surface area contributed by atoms with Crippen molar-refractivity contribution in [3.63, 3.8) is 0 Å². The number of hydrogen-bond donors (Lipinski definition) is 0. The second kappa shape index (κ2) is 6.53. The first-order valence-corrected chi connectivity index (χ1v) is 8.74. The molecule has 2 aromatic carbocycles. The smallest absolute Gasteiger partial charge is 0.224 e. The van der Waals surface area contributed by atoms with Gasteiger partial charge in [-0.2, -0.15) is 0 Å². The van der Waals surface area contributed by atoms with Crippen LogP contribution in [-0.2, 0) is 6.61 Å². The van der Waals surface area contributed by atoms with Crippen molar-refractivity contribution in [2.75, 3.05) is 0 Å². The zero-order valence-corrected chi connectivity index (χ0v) is 14.5. The molecule has 0 radical (unpaired) electrons. The lowest BCUT2D eigenvalue weighted by atomic mass is 10.1. The number of nitrogens with zero attached hydrogens (tertiary/aromatic N) is 4. The summed E-state index contributed by atoms with van der Waals surface area (Å²) in [4.78, 5) is 13.4. The Morgan fingerprint density at radius 2 is 1.63 bits per heavy atom. The van der Waals surface area contributed by atoms with E-state index in [1.165, 1.54) is 6.33 Å². The van der Waals surface area contributed by atoms with Gasteiger partial charge in [0.1, 0.15) is 18.6 Å². The summed E-state index contributed by atoms with van der Waals surface area (Å²) >= 11 is 0. The summed E-state index contributed by atoms with van der Waals surface area (Å²) in [6.45, 7) is 0.358. The Morgan fingerprint density at radius 3 is 2.56 bits per heavy atom. The van der Waals surface area contributed by atoms with Gasteiger partial charge in [-0.15, -0.1) is 0 Å². The van der Waals surface area contributed by atoms with Crippen molar-refractivity contribution in [2.45, 2.75) is 6.61 Å². The van der Waals surface area contributed by atoms with E-state index in [9.17, 15) is 0 Å². The van der Waals surface area contributed by atoms with Gasteiger partial charge in [0.25, 0.3) is 0 Å². The summed E-state index contributed by atoms with van der Waals surface area (Å²) in [5, 5.41) is 0.898. The normalized spacial score (nSPS) is 11.1. The lowest BCUT2D eigenvalue weighted by Crippen LogP contribution is -2.03. The van der Waals surface area contributed by atoms with Crippen molar-refractivity contribution >= 4 is 16.6 Å². The first kappa shape index (κ1) is 15.5. The van der Waals surface area contributed by atoms with Crippen LogP contribution in [0.3, 0.4) is 0 Å². The highest BCUT2D eigenvalue weighted by Gasteiger charge is 2.15. The van der Waals surface area contributed by atoms with Crippen LogP contribution in [0.25, 0.3) is 27.8 Å². The van der Waals surface area contributed by atoms with Crippen LogP contribution in [0.5, 0.6) is 5.88 Å². The van der Waals surface area contributed by atoms with E-state index in [2.05, 4.69) is 26.5 Å². The van der Waals surface area contributed by atoms with Crippen LogP contribution in [0, 0.1) is 0 Å². The summed E-state index contributed by atoms with van der Waals surface area (Å²) in [6, 6.07) is 24.0. The molecule has 0 fully saturated rings. The van der Waals surface area contributed by atoms with Crippen molar-refractivity contribution in [3.8, 4) is 17.1 Å². The standard InChI is InChI=1S/C22H16N4O/c1-2-8-16(9-3-1)21-19(26-13-7-6-12-20(26)25-21)14-27-22-17-10-4-5-11-18(17)23-15-24-22/h1-13,15H,14H2. The second-order valence-electron chi connectivity index (χ2n) is 6.19. The minimum Gasteiger partial charge on any atom is -0.471 e. The first-order chi connectivity index (χ1) is 13.4. The van der Waals surface area contributed by atoms with E-state index >= 15 is 0 Å². The van der Waals surface area contributed by atoms with Gasteiger partial charge in [0, 0.05) is 11.8 Å². The van der Waals surface area contributed by atoms with E-state index in [0.717, 1.165) is 33.5 Å². The number of pyridine rings is 1. The molecule has 0 aliphatic rings. The van der Waals surface area contributed by atoms with Crippen molar-refractivity contribution < 1.29 is 4.74 Å². The molecule has 3 heterocycles. The van der Waals surface area contributed by atoms with Gasteiger partial charge >= 0.3 is 0 Å². The molecular weight excluding hydrogens is 336 g/mol. The predicted octanol–water partition coefficient (Wildman–Crippen LogP) is 4.52. The molecule has 0 saturated heterocycles. The largest absolute Gasteiger partial charge is 0.471 e. The van der Waals surface area contributed by atoms with Gasteiger partial charge in [-0.3, -0.25) is 4.40 Å². The van der Waals surface area contributed by atoms with Crippen LogP contribution >= 0.6 is 0 Å². The maximum Gasteiger partial charge on any atom is 0.224 e. The number of fused-ring (bicyclic) bond motifs is 2.